The number of carboxylic acids is 1. The summed E-state index contributed by atoms with van der Waals surface area (Å²) in [5.41, 5.74) is 1.14. The highest BCUT2D eigenvalue weighted by Crippen LogP contribution is 2.20. The number of benzene rings is 1. The van der Waals surface area contributed by atoms with Gasteiger partial charge in [-0.1, -0.05) is 101 Å². The van der Waals surface area contributed by atoms with Gasteiger partial charge in [-0.15, -0.1) is 0 Å². The first-order chi connectivity index (χ1) is 15.5. The van der Waals surface area contributed by atoms with E-state index in [1.165, 1.54) is 45.4 Å². The highest BCUT2D eigenvalue weighted by Gasteiger charge is 2.24. The smallest absolute Gasteiger partial charge is 0.303 e. The number of hydrogen-bond acceptors (Lipinski definition) is 4. The van der Waals surface area contributed by atoms with Crippen LogP contribution in [0.5, 0.6) is 0 Å². The fourth-order valence-corrected chi connectivity index (χ4v) is 4.01. The third-order valence-corrected chi connectivity index (χ3v) is 5.74. The Morgan fingerprint density at radius 2 is 1.38 bits per heavy atom. The van der Waals surface area contributed by atoms with Gasteiger partial charge in [0.05, 0.1) is 12.7 Å². The standard InChI is InChI=1S/C27H44O5/c1-3-17-26(32-23(2)28)25(31-22-24-18-13-12-14-19-24)20-15-10-8-6-4-5-7-9-11-16-21-27(29)30/h12-14,18-19,25-26H,3-11,15-17,20-22H2,1-2H3,(H,29,30). The van der Waals surface area contributed by atoms with Crippen molar-refractivity contribution in [3.63, 3.8) is 0 Å². The van der Waals surface area contributed by atoms with E-state index in [0.717, 1.165) is 50.5 Å². The molecule has 0 aliphatic heterocycles. The zero-order valence-corrected chi connectivity index (χ0v) is 20.2. The number of ether oxygens (including phenoxy) is 2. The molecule has 0 fully saturated rings. The first kappa shape index (κ1) is 28.2. The van der Waals surface area contributed by atoms with Crippen LogP contribution in [0.25, 0.3) is 0 Å². The van der Waals surface area contributed by atoms with Gasteiger partial charge in [-0.05, 0) is 24.8 Å². The molecule has 0 aromatic heterocycles. The largest absolute Gasteiger partial charge is 0.481 e. The summed E-state index contributed by atoms with van der Waals surface area (Å²) in [7, 11) is 0. The van der Waals surface area contributed by atoms with Crippen LogP contribution in [0, 0.1) is 0 Å². The molecular weight excluding hydrogens is 404 g/mol. The zero-order valence-electron chi connectivity index (χ0n) is 20.2. The Labute approximate surface area is 194 Å². The summed E-state index contributed by atoms with van der Waals surface area (Å²) in [5, 5.41) is 8.64. The summed E-state index contributed by atoms with van der Waals surface area (Å²) in [6.07, 6.45) is 14.1. The maximum absolute atomic E-state index is 11.6. The fourth-order valence-electron chi connectivity index (χ4n) is 4.01. The summed E-state index contributed by atoms with van der Waals surface area (Å²) in [4.78, 5) is 22.1. The number of rotatable bonds is 20. The Morgan fingerprint density at radius 1 is 0.812 bits per heavy atom. The second kappa shape index (κ2) is 18.7. The molecule has 5 nitrogen and oxygen atoms in total. The molecule has 0 aliphatic rings. The Kier molecular flexibility index (Phi) is 16.4. The molecule has 0 aliphatic carbocycles. The van der Waals surface area contributed by atoms with E-state index in [2.05, 4.69) is 19.1 Å². The molecule has 1 aromatic carbocycles. The van der Waals surface area contributed by atoms with E-state index in [0.29, 0.717) is 13.0 Å². The number of carbonyl (C=O) groups is 2. The van der Waals surface area contributed by atoms with Crippen molar-refractivity contribution in [1.82, 2.24) is 0 Å². The number of hydrogen-bond donors (Lipinski definition) is 1. The molecule has 1 N–H and O–H groups in total. The van der Waals surface area contributed by atoms with Gasteiger partial charge in [0.25, 0.3) is 0 Å². The van der Waals surface area contributed by atoms with Crippen molar-refractivity contribution in [2.24, 2.45) is 0 Å². The van der Waals surface area contributed by atoms with E-state index in [-0.39, 0.29) is 18.2 Å². The molecule has 32 heavy (non-hydrogen) atoms. The van der Waals surface area contributed by atoms with Crippen molar-refractivity contribution < 1.29 is 24.2 Å². The summed E-state index contributed by atoms with van der Waals surface area (Å²) in [6, 6.07) is 10.1. The van der Waals surface area contributed by atoms with Crippen molar-refractivity contribution in [2.75, 3.05) is 0 Å². The van der Waals surface area contributed by atoms with Gasteiger partial charge in [0.15, 0.2) is 0 Å². The summed E-state index contributed by atoms with van der Waals surface area (Å²) < 4.78 is 11.8. The van der Waals surface area contributed by atoms with E-state index in [1.54, 1.807) is 0 Å². The van der Waals surface area contributed by atoms with E-state index >= 15 is 0 Å². The number of aliphatic carboxylic acids is 1. The summed E-state index contributed by atoms with van der Waals surface area (Å²) in [6.45, 7) is 4.12. The lowest BCUT2D eigenvalue weighted by atomic mass is 10.0. The molecule has 1 rings (SSSR count). The number of carboxylic acid groups (broad SMARTS) is 1. The van der Waals surface area contributed by atoms with Crippen LogP contribution in [0.3, 0.4) is 0 Å². The average Bonchev–Trinajstić information content (AvgIpc) is 2.76. The van der Waals surface area contributed by atoms with Crippen LogP contribution in [-0.4, -0.2) is 29.3 Å². The molecule has 0 amide bonds. The number of carbonyl (C=O) groups excluding carboxylic acids is 1. The third kappa shape index (κ3) is 15.0. The normalized spacial score (nSPS) is 12.9. The average molecular weight is 449 g/mol. The first-order valence-corrected chi connectivity index (χ1v) is 12.6. The third-order valence-electron chi connectivity index (χ3n) is 5.74. The van der Waals surface area contributed by atoms with Crippen LogP contribution in [-0.2, 0) is 25.7 Å². The van der Waals surface area contributed by atoms with Crippen LogP contribution in [0.1, 0.15) is 109 Å². The van der Waals surface area contributed by atoms with E-state index in [4.69, 9.17) is 14.6 Å². The lowest BCUT2D eigenvalue weighted by Crippen LogP contribution is -2.33. The van der Waals surface area contributed by atoms with Crippen molar-refractivity contribution in [3.8, 4) is 0 Å². The topological polar surface area (TPSA) is 72.8 Å². The lowest BCUT2D eigenvalue weighted by molar-refractivity contribution is -0.157. The van der Waals surface area contributed by atoms with Crippen molar-refractivity contribution in [2.45, 2.75) is 123 Å². The Balaban J connectivity index is 2.27. The van der Waals surface area contributed by atoms with Gasteiger partial charge in [-0.2, -0.15) is 0 Å². The monoisotopic (exact) mass is 448 g/mol. The minimum atomic E-state index is -0.688. The highest BCUT2D eigenvalue weighted by atomic mass is 16.6. The predicted octanol–water partition coefficient (Wildman–Crippen LogP) is 7.07. The Bertz CT molecular complexity index is 601. The van der Waals surface area contributed by atoms with E-state index in [1.807, 2.05) is 18.2 Å². The van der Waals surface area contributed by atoms with E-state index in [9.17, 15) is 9.59 Å². The van der Waals surface area contributed by atoms with E-state index < -0.39 is 5.97 Å². The molecule has 2 unspecified atom stereocenters. The van der Waals surface area contributed by atoms with Gasteiger partial charge in [-0.3, -0.25) is 9.59 Å². The lowest BCUT2D eigenvalue weighted by Gasteiger charge is -2.27. The Morgan fingerprint density at radius 3 is 1.91 bits per heavy atom. The zero-order chi connectivity index (χ0) is 23.4. The van der Waals surface area contributed by atoms with Gasteiger partial charge in [0, 0.05) is 13.3 Å². The van der Waals surface area contributed by atoms with Gasteiger partial charge in [0.1, 0.15) is 6.10 Å². The van der Waals surface area contributed by atoms with Crippen LogP contribution in [0.4, 0.5) is 0 Å². The van der Waals surface area contributed by atoms with Gasteiger partial charge < -0.3 is 14.6 Å². The minimum Gasteiger partial charge on any atom is -0.481 e. The molecular formula is C27H44O5. The highest BCUT2D eigenvalue weighted by molar-refractivity contribution is 5.66. The van der Waals surface area contributed by atoms with Gasteiger partial charge >= 0.3 is 11.9 Å². The van der Waals surface area contributed by atoms with Gasteiger partial charge in [0.2, 0.25) is 0 Å². The number of esters is 1. The van der Waals surface area contributed by atoms with Crippen molar-refractivity contribution in [3.05, 3.63) is 35.9 Å². The van der Waals surface area contributed by atoms with Crippen LogP contribution < -0.4 is 0 Å². The van der Waals surface area contributed by atoms with Gasteiger partial charge in [-0.25, -0.2) is 0 Å². The molecule has 1 aromatic rings. The predicted molar refractivity (Wildman–Crippen MR) is 129 cm³/mol. The number of unbranched alkanes of at least 4 members (excludes halogenated alkanes) is 9. The van der Waals surface area contributed by atoms with Crippen molar-refractivity contribution >= 4 is 11.9 Å². The minimum absolute atomic E-state index is 0.0649. The molecule has 182 valence electrons. The SMILES string of the molecule is CCCC(OC(C)=O)C(CCCCCCCCCCCCC(=O)O)OCc1ccccc1. The van der Waals surface area contributed by atoms with Crippen LogP contribution in [0.2, 0.25) is 0 Å². The maximum Gasteiger partial charge on any atom is 0.303 e. The molecule has 0 spiro atoms. The van der Waals surface area contributed by atoms with Crippen LogP contribution in [0.15, 0.2) is 30.3 Å². The quantitative estimate of drug-likeness (QED) is 0.171. The molecule has 0 saturated heterocycles. The summed E-state index contributed by atoms with van der Waals surface area (Å²) in [5.74, 6) is -0.925. The fraction of sp³-hybridized carbons (Fsp3) is 0.704. The molecule has 0 heterocycles. The molecule has 5 heteroatoms. The molecule has 0 saturated carbocycles. The van der Waals surface area contributed by atoms with Crippen molar-refractivity contribution in [1.29, 1.82) is 0 Å². The first-order valence-electron chi connectivity index (χ1n) is 12.6. The molecule has 0 radical (unpaired) electrons. The molecule has 0 bridgehead atoms. The van der Waals surface area contributed by atoms with Crippen LogP contribution >= 0.6 is 0 Å². The second-order valence-electron chi connectivity index (χ2n) is 8.74. The molecule has 2 atom stereocenters. The summed E-state index contributed by atoms with van der Waals surface area (Å²) >= 11 is 0. The second-order valence-corrected chi connectivity index (χ2v) is 8.74. The maximum atomic E-state index is 11.6. The Hall–Kier alpha value is -1.88.